The topological polar surface area (TPSA) is 74.8 Å². The standard InChI is InChI=1S/C13H28N4O2.HI/c1-8-15-10(14-7)16-9-13(5,6)17-11(18)19-12(2,3)4;/h8-9H2,1-7H3,(H,17,18)(H2,14,15,16);1H. The van der Waals surface area contributed by atoms with E-state index in [1.807, 2.05) is 41.5 Å². The molecule has 7 heteroatoms. The zero-order valence-electron chi connectivity index (χ0n) is 13.6. The molecule has 3 N–H and O–H groups in total. The Morgan fingerprint density at radius 3 is 2.10 bits per heavy atom. The molecule has 20 heavy (non-hydrogen) atoms. The van der Waals surface area contributed by atoms with Gasteiger partial charge < -0.3 is 20.7 Å². The minimum atomic E-state index is -0.493. The first-order valence-corrected chi connectivity index (χ1v) is 6.55. The van der Waals surface area contributed by atoms with Crippen LogP contribution in [0.5, 0.6) is 0 Å². The highest BCUT2D eigenvalue weighted by molar-refractivity contribution is 14.0. The van der Waals surface area contributed by atoms with Gasteiger partial charge in [0, 0.05) is 20.1 Å². The van der Waals surface area contributed by atoms with Crippen molar-refractivity contribution in [3.8, 4) is 0 Å². The van der Waals surface area contributed by atoms with Crippen molar-refractivity contribution in [2.75, 3.05) is 20.1 Å². The third-order valence-corrected chi connectivity index (χ3v) is 2.10. The third kappa shape index (κ3) is 11.1. The van der Waals surface area contributed by atoms with Crippen LogP contribution in [0.25, 0.3) is 0 Å². The van der Waals surface area contributed by atoms with Gasteiger partial charge in [0.25, 0.3) is 0 Å². The molecule has 0 unspecified atom stereocenters. The zero-order chi connectivity index (χ0) is 15.1. The van der Waals surface area contributed by atoms with Gasteiger partial charge in [0.15, 0.2) is 5.96 Å². The van der Waals surface area contributed by atoms with Crippen LogP contribution in [-0.4, -0.2) is 43.3 Å². The fourth-order valence-corrected chi connectivity index (χ4v) is 1.32. The lowest BCUT2D eigenvalue weighted by molar-refractivity contribution is 0.0474. The van der Waals surface area contributed by atoms with E-state index in [0.29, 0.717) is 12.5 Å². The Bertz CT molecular complexity index is 325. The van der Waals surface area contributed by atoms with E-state index in [1.165, 1.54) is 0 Å². The van der Waals surface area contributed by atoms with Crippen LogP contribution >= 0.6 is 24.0 Å². The van der Waals surface area contributed by atoms with Gasteiger partial charge in [0.2, 0.25) is 0 Å². The lowest BCUT2D eigenvalue weighted by Gasteiger charge is -2.29. The summed E-state index contributed by atoms with van der Waals surface area (Å²) < 4.78 is 5.23. The van der Waals surface area contributed by atoms with Crippen LogP contribution in [0, 0.1) is 0 Å². The summed E-state index contributed by atoms with van der Waals surface area (Å²) in [6.07, 6.45) is -0.419. The highest BCUT2D eigenvalue weighted by Gasteiger charge is 2.24. The molecule has 0 fully saturated rings. The summed E-state index contributed by atoms with van der Waals surface area (Å²) in [6, 6.07) is 0. The maximum Gasteiger partial charge on any atom is 0.408 e. The zero-order valence-corrected chi connectivity index (χ0v) is 15.9. The summed E-state index contributed by atoms with van der Waals surface area (Å²) >= 11 is 0. The molecule has 0 aliphatic heterocycles. The van der Waals surface area contributed by atoms with Crippen LogP contribution in [0.2, 0.25) is 0 Å². The van der Waals surface area contributed by atoms with E-state index in [-0.39, 0.29) is 24.0 Å². The van der Waals surface area contributed by atoms with E-state index in [9.17, 15) is 4.79 Å². The van der Waals surface area contributed by atoms with Crippen molar-refractivity contribution in [2.45, 2.75) is 52.7 Å². The maximum absolute atomic E-state index is 11.7. The second-order valence-corrected chi connectivity index (χ2v) is 5.97. The number of guanidine groups is 1. The van der Waals surface area contributed by atoms with Gasteiger partial charge in [-0.15, -0.1) is 24.0 Å². The number of hydrogen-bond acceptors (Lipinski definition) is 3. The van der Waals surface area contributed by atoms with Crippen LogP contribution in [0.1, 0.15) is 41.5 Å². The summed E-state index contributed by atoms with van der Waals surface area (Å²) in [4.78, 5) is 15.8. The molecule has 0 aliphatic rings. The second kappa shape index (κ2) is 9.25. The number of nitrogens with zero attached hydrogens (tertiary/aromatic N) is 1. The number of hydrogen-bond donors (Lipinski definition) is 3. The molecule has 1 amide bonds. The van der Waals surface area contributed by atoms with E-state index in [4.69, 9.17) is 4.74 Å². The number of alkyl carbamates (subject to hydrolysis) is 1. The molecule has 0 aromatic carbocycles. The van der Waals surface area contributed by atoms with Crippen molar-refractivity contribution in [2.24, 2.45) is 4.99 Å². The Kier molecular flexibility index (Phi) is 9.98. The van der Waals surface area contributed by atoms with E-state index in [2.05, 4.69) is 20.9 Å². The highest BCUT2D eigenvalue weighted by atomic mass is 127. The molecular formula is C13H29IN4O2. The second-order valence-electron chi connectivity index (χ2n) is 5.97. The first-order chi connectivity index (χ1) is 8.59. The molecule has 0 saturated carbocycles. The van der Waals surface area contributed by atoms with Crippen molar-refractivity contribution in [1.82, 2.24) is 16.0 Å². The van der Waals surface area contributed by atoms with Gasteiger partial charge in [-0.3, -0.25) is 4.99 Å². The molecule has 0 aliphatic carbocycles. The molecular weight excluding hydrogens is 371 g/mol. The maximum atomic E-state index is 11.7. The number of aliphatic imine (C=N–C) groups is 1. The Hall–Kier alpha value is -0.730. The van der Waals surface area contributed by atoms with Gasteiger partial charge in [-0.2, -0.15) is 0 Å². The SMILES string of the molecule is CCNC(=NC)NCC(C)(C)NC(=O)OC(C)(C)C.I. The number of amides is 1. The lowest BCUT2D eigenvalue weighted by atomic mass is 10.1. The van der Waals surface area contributed by atoms with Crippen molar-refractivity contribution in [3.63, 3.8) is 0 Å². The molecule has 0 radical (unpaired) electrons. The largest absolute Gasteiger partial charge is 0.444 e. The highest BCUT2D eigenvalue weighted by Crippen LogP contribution is 2.08. The molecule has 0 heterocycles. The van der Waals surface area contributed by atoms with Gasteiger partial charge in [0.1, 0.15) is 5.60 Å². The Morgan fingerprint density at radius 1 is 1.15 bits per heavy atom. The summed E-state index contributed by atoms with van der Waals surface area (Å²) in [7, 11) is 1.71. The quantitative estimate of drug-likeness (QED) is 0.384. The average Bonchev–Trinajstić information content (AvgIpc) is 2.20. The van der Waals surface area contributed by atoms with Crippen molar-refractivity contribution < 1.29 is 9.53 Å². The molecule has 0 saturated heterocycles. The Morgan fingerprint density at radius 2 is 1.70 bits per heavy atom. The van der Waals surface area contributed by atoms with Crippen molar-refractivity contribution in [3.05, 3.63) is 0 Å². The van der Waals surface area contributed by atoms with E-state index < -0.39 is 17.2 Å². The number of carbonyl (C=O) groups excluding carboxylic acids is 1. The van der Waals surface area contributed by atoms with Crippen molar-refractivity contribution >= 4 is 36.0 Å². The number of carbonyl (C=O) groups is 1. The van der Waals surface area contributed by atoms with Crippen LogP contribution in [0.4, 0.5) is 4.79 Å². The predicted molar refractivity (Wildman–Crippen MR) is 93.9 cm³/mol. The van der Waals surface area contributed by atoms with E-state index in [0.717, 1.165) is 6.54 Å². The van der Waals surface area contributed by atoms with Crippen LogP contribution < -0.4 is 16.0 Å². The fourth-order valence-electron chi connectivity index (χ4n) is 1.32. The fraction of sp³-hybridized carbons (Fsp3) is 0.846. The normalized spacial score (nSPS) is 12.2. The average molecular weight is 400 g/mol. The Balaban J connectivity index is 0. The summed E-state index contributed by atoms with van der Waals surface area (Å²) in [6.45, 7) is 12.7. The first-order valence-electron chi connectivity index (χ1n) is 6.55. The van der Waals surface area contributed by atoms with Crippen LogP contribution in [0.15, 0.2) is 4.99 Å². The molecule has 0 rings (SSSR count). The molecule has 6 nitrogen and oxygen atoms in total. The lowest BCUT2D eigenvalue weighted by Crippen LogP contribution is -2.54. The summed E-state index contributed by atoms with van der Waals surface area (Å²) in [5, 5.41) is 9.07. The van der Waals surface area contributed by atoms with Gasteiger partial charge >= 0.3 is 6.09 Å². The van der Waals surface area contributed by atoms with Crippen molar-refractivity contribution in [1.29, 1.82) is 0 Å². The van der Waals surface area contributed by atoms with Gasteiger partial charge in [-0.25, -0.2) is 4.79 Å². The van der Waals surface area contributed by atoms with Gasteiger partial charge in [-0.1, -0.05) is 0 Å². The number of halogens is 1. The molecule has 0 aromatic rings. The smallest absolute Gasteiger partial charge is 0.408 e. The molecule has 0 aromatic heterocycles. The molecule has 120 valence electrons. The minimum absolute atomic E-state index is 0. The van der Waals surface area contributed by atoms with Crippen LogP contribution in [0.3, 0.4) is 0 Å². The molecule has 0 atom stereocenters. The number of ether oxygens (including phenoxy) is 1. The summed E-state index contributed by atoms with van der Waals surface area (Å²) in [5.41, 5.74) is -0.929. The predicted octanol–water partition coefficient (Wildman–Crippen LogP) is 2.09. The minimum Gasteiger partial charge on any atom is -0.444 e. The third-order valence-electron chi connectivity index (χ3n) is 2.10. The number of nitrogens with one attached hydrogen (secondary N) is 3. The van der Waals surface area contributed by atoms with E-state index >= 15 is 0 Å². The van der Waals surface area contributed by atoms with Gasteiger partial charge in [-0.05, 0) is 41.5 Å². The van der Waals surface area contributed by atoms with E-state index in [1.54, 1.807) is 7.05 Å². The molecule has 0 spiro atoms. The number of rotatable bonds is 4. The molecule has 0 bridgehead atoms. The van der Waals surface area contributed by atoms with Crippen LogP contribution in [-0.2, 0) is 4.74 Å². The van der Waals surface area contributed by atoms with Gasteiger partial charge in [0.05, 0.1) is 5.54 Å². The Labute approximate surface area is 139 Å². The summed E-state index contributed by atoms with van der Waals surface area (Å²) in [5.74, 6) is 0.710. The monoisotopic (exact) mass is 400 g/mol. The first kappa shape index (κ1) is 21.6.